The van der Waals surface area contributed by atoms with Gasteiger partial charge in [0.25, 0.3) is 0 Å². The Morgan fingerprint density at radius 1 is 1.10 bits per heavy atom. The van der Waals surface area contributed by atoms with Crippen molar-refractivity contribution in [2.24, 2.45) is 0 Å². The number of benzene rings is 1. The summed E-state index contributed by atoms with van der Waals surface area (Å²) >= 11 is 0. The van der Waals surface area contributed by atoms with Crippen molar-refractivity contribution in [2.75, 3.05) is 6.61 Å². The molecule has 0 atom stereocenters. The van der Waals surface area contributed by atoms with Gasteiger partial charge in [0.2, 0.25) is 0 Å². The van der Waals surface area contributed by atoms with E-state index in [-0.39, 0.29) is 0 Å². The molecule has 108 valence electrons. The van der Waals surface area contributed by atoms with E-state index in [1.165, 1.54) is 18.4 Å². The molecule has 0 saturated heterocycles. The highest BCUT2D eigenvalue weighted by Gasteiger charge is 1.98. The molecule has 4 heteroatoms. The molecule has 0 radical (unpaired) electrons. The van der Waals surface area contributed by atoms with Crippen LogP contribution < -0.4 is 10.1 Å². The van der Waals surface area contributed by atoms with Crippen molar-refractivity contribution in [3.63, 3.8) is 0 Å². The van der Waals surface area contributed by atoms with Gasteiger partial charge in [-0.15, -0.1) is 0 Å². The second kappa shape index (κ2) is 8.38. The van der Waals surface area contributed by atoms with Gasteiger partial charge in [0.15, 0.2) is 0 Å². The van der Waals surface area contributed by atoms with Crippen molar-refractivity contribution < 1.29 is 9.26 Å². The van der Waals surface area contributed by atoms with Gasteiger partial charge >= 0.3 is 0 Å². The quantitative estimate of drug-likeness (QED) is 0.711. The topological polar surface area (TPSA) is 47.3 Å². The minimum atomic E-state index is 0.714. The van der Waals surface area contributed by atoms with Crippen LogP contribution in [-0.4, -0.2) is 11.8 Å². The molecule has 0 fully saturated rings. The first-order valence-corrected chi connectivity index (χ1v) is 7.20. The fourth-order valence-corrected chi connectivity index (χ4v) is 1.91. The van der Waals surface area contributed by atoms with Gasteiger partial charge in [-0.1, -0.05) is 37.1 Å². The summed E-state index contributed by atoms with van der Waals surface area (Å²) < 4.78 is 10.5. The zero-order chi connectivity index (χ0) is 14.0. The molecule has 1 aromatic heterocycles. The van der Waals surface area contributed by atoms with Crippen LogP contribution in [0.4, 0.5) is 0 Å². The first kappa shape index (κ1) is 14.6. The second-order valence-corrected chi connectivity index (χ2v) is 4.79. The fraction of sp³-hybridized carbons (Fsp3) is 0.438. The third-order valence-electron chi connectivity index (χ3n) is 3.07. The van der Waals surface area contributed by atoms with Crippen LogP contribution in [0.2, 0.25) is 0 Å². The molecule has 1 aromatic carbocycles. The lowest BCUT2D eigenvalue weighted by molar-refractivity contribution is 0.306. The third kappa shape index (κ3) is 5.05. The summed E-state index contributed by atoms with van der Waals surface area (Å²) in [5, 5.41) is 7.17. The lowest BCUT2D eigenvalue weighted by atomic mass is 10.2. The van der Waals surface area contributed by atoms with Gasteiger partial charge in [-0.3, -0.25) is 0 Å². The van der Waals surface area contributed by atoms with Gasteiger partial charge in [-0.25, -0.2) is 0 Å². The normalized spacial score (nSPS) is 10.7. The average molecular weight is 274 g/mol. The van der Waals surface area contributed by atoms with Crippen molar-refractivity contribution in [2.45, 2.75) is 39.3 Å². The molecular formula is C16H22N2O2. The van der Waals surface area contributed by atoms with Crippen LogP contribution in [0.5, 0.6) is 5.75 Å². The van der Waals surface area contributed by atoms with Gasteiger partial charge in [-0.05, 0) is 24.1 Å². The largest absolute Gasteiger partial charge is 0.494 e. The van der Waals surface area contributed by atoms with E-state index in [4.69, 9.17) is 9.26 Å². The van der Waals surface area contributed by atoms with Crippen LogP contribution in [-0.2, 0) is 13.1 Å². The molecule has 4 nitrogen and oxygen atoms in total. The SMILES string of the molecule is CCCCCOc1ccc(CNCc2ccon2)cc1. The molecule has 0 spiro atoms. The molecule has 2 rings (SSSR count). The number of ether oxygens (including phenoxy) is 1. The molecule has 0 unspecified atom stereocenters. The van der Waals surface area contributed by atoms with Crippen molar-refractivity contribution in [3.05, 3.63) is 47.9 Å². The molecule has 0 bridgehead atoms. The van der Waals surface area contributed by atoms with Crippen LogP contribution >= 0.6 is 0 Å². The van der Waals surface area contributed by atoms with Crippen LogP contribution in [0.25, 0.3) is 0 Å². The van der Waals surface area contributed by atoms with Crippen LogP contribution in [0.1, 0.15) is 37.4 Å². The Bertz CT molecular complexity index is 466. The van der Waals surface area contributed by atoms with Crippen LogP contribution in [0, 0.1) is 0 Å². The van der Waals surface area contributed by atoms with Crippen LogP contribution in [0.15, 0.2) is 41.1 Å². The van der Waals surface area contributed by atoms with E-state index >= 15 is 0 Å². The van der Waals surface area contributed by atoms with Gasteiger partial charge in [-0.2, -0.15) is 0 Å². The first-order chi connectivity index (χ1) is 9.88. The minimum Gasteiger partial charge on any atom is -0.494 e. The molecule has 0 amide bonds. The van der Waals surface area contributed by atoms with Gasteiger partial charge in [0.05, 0.1) is 12.3 Å². The highest BCUT2D eigenvalue weighted by atomic mass is 16.5. The van der Waals surface area contributed by atoms with E-state index in [1.54, 1.807) is 6.26 Å². The number of nitrogens with zero attached hydrogens (tertiary/aromatic N) is 1. The Kier molecular flexibility index (Phi) is 6.11. The maximum atomic E-state index is 5.68. The summed E-state index contributed by atoms with van der Waals surface area (Å²) in [6.45, 7) is 4.52. The minimum absolute atomic E-state index is 0.714. The van der Waals surface area contributed by atoms with E-state index < -0.39 is 0 Å². The predicted octanol–water partition coefficient (Wildman–Crippen LogP) is 3.53. The lowest BCUT2D eigenvalue weighted by Crippen LogP contribution is -2.12. The zero-order valence-corrected chi connectivity index (χ0v) is 12.0. The molecule has 0 aliphatic rings. The zero-order valence-electron chi connectivity index (χ0n) is 12.0. The molecule has 0 aliphatic heterocycles. The van der Waals surface area contributed by atoms with E-state index in [1.807, 2.05) is 18.2 Å². The lowest BCUT2D eigenvalue weighted by Gasteiger charge is -2.07. The Morgan fingerprint density at radius 3 is 2.65 bits per heavy atom. The summed E-state index contributed by atoms with van der Waals surface area (Å²) in [7, 11) is 0. The number of hydrogen-bond donors (Lipinski definition) is 1. The van der Waals surface area contributed by atoms with E-state index in [0.29, 0.717) is 6.54 Å². The monoisotopic (exact) mass is 274 g/mol. The maximum absolute atomic E-state index is 5.68. The summed E-state index contributed by atoms with van der Waals surface area (Å²) in [5.74, 6) is 0.946. The summed E-state index contributed by atoms with van der Waals surface area (Å²) in [6.07, 6.45) is 5.16. The average Bonchev–Trinajstić information content (AvgIpc) is 2.98. The van der Waals surface area contributed by atoms with Crippen molar-refractivity contribution >= 4 is 0 Å². The number of hydrogen-bond acceptors (Lipinski definition) is 4. The van der Waals surface area contributed by atoms with Crippen molar-refractivity contribution in [3.8, 4) is 5.75 Å². The third-order valence-corrected chi connectivity index (χ3v) is 3.07. The molecule has 2 aromatic rings. The second-order valence-electron chi connectivity index (χ2n) is 4.79. The molecule has 0 aliphatic carbocycles. The summed E-state index contributed by atoms with van der Waals surface area (Å²) in [4.78, 5) is 0. The van der Waals surface area contributed by atoms with E-state index in [0.717, 1.165) is 31.0 Å². The molecule has 1 N–H and O–H groups in total. The number of unbranched alkanes of at least 4 members (excludes halogenated alkanes) is 2. The number of rotatable bonds is 9. The van der Waals surface area contributed by atoms with Gasteiger partial charge < -0.3 is 14.6 Å². The fourth-order valence-electron chi connectivity index (χ4n) is 1.91. The molecular weight excluding hydrogens is 252 g/mol. The Labute approximate surface area is 120 Å². The molecule has 1 heterocycles. The van der Waals surface area contributed by atoms with Crippen molar-refractivity contribution in [1.82, 2.24) is 10.5 Å². The summed E-state index contributed by atoms with van der Waals surface area (Å²) in [5.41, 5.74) is 2.15. The van der Waals surface area contributed by atoms with Gasteiger partial charge in [0.1, 0.15) is 12.0 Å². The van der Waals surface area contributed by atoms with E-state index in [2.05, 4.69) is 29.5 Å². The number of nitrogens with one attached hydrogen (secondary N) is 1. The molecule has 20 heavy (non-hydrogen) atoms. The van der Waals surface area contributed by atoms with Crippen LogP contribution in [0.3, 0.4) is 0 Å². The molecule has 0 saturated carbocycles. The highest BCUT2D eigenvalue weighted by Crippen LogP contribution is 2.13. The van der Waals surface area contributed by atoms with E-state index in [9.17, 15) is 0 Å². The van der Waals surface area contributed by atoms with Gasteiger partial charge in [0, 0.05) is 19.2 Å². The highest BCUT2D eigenvalue weighted by molar-refractivity contribution is 5.27. The predicted molar refractivity (Wildman–Crippen MR) is 78.5 cm³/mol. The Balaban J connectivity index is 1.68. The Morgan fingerprint density at radius 2 is 1.95 bits per heavy atom. The first-order valence-electron chi connectivity index (χ1n) is 7.20. The maximum Gasteiger partial charge on any atom is 0.124 e. The standard InChI is InChI=1S/C16H22N2O2/c1-2-3-4-10-19-16-7-5-14(6-8-16)12-17-13-15-9-11-20-18-15/h5-9,11,17H,2-4,10,12-13H2,1H3. The number of aromatic nitrogens is 1. The Hall–Kier alpha value is -1.81. The smallest absolute Gasteiger partial charge is 0.124 e. The summed E-state index contributed by atoms with van der Waals surface area (Å²) in [6, 6.07) is 10.1. The van der Waals surface area contributed by atoms with Crippen molar-refractivity contribution in [1.29, 1.82) is 0 Å².